The third-order valence-corrected chi connectivity index (χ3v) is 4.48. The van der Waals surface area contributed by atoms with Crippen LogP contribution in [0.4, 0.5) is 0 Å². The van der Waals surface area contributed by atoms with Gasteiger partial charge in [0.1, 0.15) is 5.49 Å². The molecule has 0 aliphatic rings. The van der Waals surface area contributed by atoms with E-state index in [4.69, 9.17) is 23.2 Å². The number of pyridine rings is 1. The molecule has 0 unspecified atom stereocenters. The van der Waals surface area contributed by atoms with Crippen LogP contribution in [0.15, 0.2) is 77.9 Å². The second-order valence-electron chi connectivity index (χ2n) is 5.98. The molecule has 3 aromatic rings. The molecule has 0 aliphatic heterocycles. The number of nitrogens with zero attached hydrogens (tertiary/aromatic N) is 2. The number of benzene rings is 2. The third kappa shape index (κ3) is 5.31. The lowest BCUT2D eigenvalue weighted by atomic mass is 10.2. The zero-order valence-corrected chi connectivity index (χ0v) is 16.3. The summed E-state index contributed by atoms with van der Waals surface area (Å²) in [5, 5.41) is 3.18. The van der Waals surface area contributed by atoms with Gasteiger partial charge in [0.05, 0.1) is 17.1 Å². The molecule has 0 bridgehead atoms. The van der Waals surface area contributed by atoms with Gasteiger partial charge in [-0.05, 0) is 35.9 Å². The van der Waals surface area contributed by atoms with Crippen molar-refractivity contribution in [1.29, 1.82) is 0 Å². The van der Waals surface area contributed by atoms with Gasteiger partial charge in [-0.2, -0.15) is 4.99 Å². The monoisotopic (exact) mass is 413 g/mol. The molecule has 0 aliphatic carbocycles. The summed E-state index contributed by atoms with van der Waals surface area (Å²) >= 11 is 11.8. The van der Waals surface area contributed by atoms with Gasteiger partial charge in [-0.25, -0.2) is 0 Å². The van der Waals surface area contributed by atoms with Crippen LogP contribution in [0.2, 0.25) is 10.0 Å². The predicted molar refractivity (Wildman–Crippen MR) is 109 cm³/mol. The lowest BCUT2D eigenvalue weighted by Gasteiger charge is -2.08. The van der Waals surface area contributed by atoms with E-state index in [2.05, 4.69) is 10.3 Å². The Morgan fingerprint density at radius 3 is 2.46 bits per heavy atom. The maximum Gasteiger partial charge on any atom is 0.267 e. The topological polar surface area (TPSA) is 63.5 Å². The highest BCUT2D eigenvalue weighted by atomic mass is 35.5. The van der Waals surface area contributed by atoms with Crippen molar-refractivity contribution in [1.82, 2.24) is 9.88 Å². The van der Waals surface area contributed by atoms with Gasteiger partial charge >= 0.3 is 0 Å². The van der Waals surface area contributed by atoms with Crippen molar-refractivity contribution >= 4 is 35.0 Å². The Morgan fingerprint density at radius 2 is 1.71 bits per heavy atom. The maximum absolute atomic E-state index is 12.2. The van der Waals surface area contributed by atoms with Crippen LogP contribution in [0, 0.1) is 0 Å². The largest absolute Gasteiger partial charge is 0.343 e. The lowest BCUT2D eigenvalue weighted by Crippen LogP contribution is -2.31. The number of aromatic nitrogens is 1. The quantitative estimate of drug-likeness (QED) is 0.692. The van der Waals surface area contributed by atoms with Crippen LogP contribution in [0.3, 0.4) is 0 Å². The van der Waals surface area contributed by atoms with E-state index >= 15 is 0 Å². The van der Waals surface area contributed by atoms with E-state index in [1.807, 2.05) is 47.2 Å². The Bertz CT molecular complexity index is 1060. The molecule has 0 radical (unpaired) electrons. The molecule has 1 N–H and O–H groups in total. The van der Waals surface area contributed by atoms with Gasteiger partial charge in [-0.1, -0.05) is 59.6 Å². The minimum absolute atomic E-state index is 0.221. The molecule has 28 heavy (non-hydrogen) atoms. The number of rotatable bonds is 5. The first-order valence-electron chi connectivity index (χ1n) is 8.53. The highest BCUT2D eigenvalue weighted by Crippen LogP contribution is 2.20. The van der Waals surface area contributed by atoms with Crippen molar-refractivity contribution in [3.63, 3.8) is 0 Å². The number of carbonyl (C=O) groups is 2. The van der Waals surface area contributed by atoms with Crippen LogP contribution >= 0.6 is 23.2 Å². The van der Waals surface area contributed by atoms with Gasteiger partial charge in [0.25, 0.3) is 11.8 Å². The van der Waals surface area contributed by atoms with Gasteiger partial charge < -0.3 is 9.88 Å². The summed E-state index contributed by atoms with van der Waals surface area (Å²) in [7, 11) is 0. The molecule has 0 fully saturated rings. The molecule has 0 saturated heterocycles. The van der Waals surface area contributed by atoms with Crippen LogP contribution in [0.1, 0.15) is 15.9 Å². The summed E-state index contributed by atoms with van der Waals surface area (Å²) in [5.74, 6) is -0.929. The van der Waals surface area contributed by atoms with Crippen molar-refractivity contribution in [2.45, 2.75) is 6.54 Å². The fourth-order valence-electron chi connectivity index (χ4n) is 2.57. The Kier molecular flexibility index (Phi) is 6.63. The summed E-state index contributed by atoms with van der Waals surface area (Å²) in [4.78, 5) is 28.6. The average Bonchev–Trinajstić information content (AvgIpc) is 2.68. The molecule has 0 spiro atoms. The first kappa shape index (κ1) is 19.9. The first-order chi connectivity index (χ1) is 13.5. The summed E-state index contributed by atoms with van der Waals surface area (Å²) in [6, 6.07) is 19.8. The summed E-state index contributed by atoms with van der Waals surface area (Å²) < 4.78 is 1.87. The fourth-order valence-corrected chi connectivity index (χ4v) is 3.07. The smallest absolute Gasteiger partial charge is 0.267 e. The molecule has 0 saturated carbocycles. The second-order valence-corrected chi connectivity index (χ2v) is 6.83. The van der Waals surface area contributed by atoms with E-state index in [0.29, 0.717) is 17.1 Å². The zero-order valence-electron chi connectivity index (χ0n) is 14.8. The van der Waals surface area contributed by atoms with Crippen molar-refractivity contribution in [2.24, 2.45) is 4.99 Å². The van der Waals surface area contributed by atoms with Crippen molar-refractivity contribution in [3.8, 4) is 0 Å². The molecular formula is C21H17Cl2N3O2. The van der Waals surface area contributed by atoms with Crippen molar-refractivity contribution in [3.05, 3.63) is 99.6 Å². The van der Waals surface area contributed by atoms with E-state index < -0.39 is 11.8 Å². The van der Waals surface area contributed by atoms with Crippen LogP contribution in [0.5, 0.6) is 0 Å². The van der Waals surface area contributed by atoms with E-state index in [1.54, 1.807) is 18.2 Å². The highest BCUT2D eigenvalue weighted by molar-refractivity contribution is 6.36. The van der Waals surface area contributed by atoms with Crippen LogP contribution in [-0.2, 0) is 11.3 Å². The molecule has 3 rings (SSSR count). The molecule has 1 heterocycles. The molecule has 1 aromatic heterocycles. The standard InChI is InChI=1S/C21H17Cl2N3O2/c22-16-9-10-17(18(23)12-16)21(28)24-13-20(27)25-19-8-4-5-11-26(19)14-15-6-2-1-3-7-15/h1-12H,13-14H2,(H,24,28). The summed E-state index contributed by atoms with van der Waals surface area (Å²) in [6.45, 7) is 0.346. The number of hydrogen-bond acceptors (Lipinski definition) is 2. The Labute approximate surface area is 172 Å². The van der Waals surface area contributed by atoms with Crippen LogP contribution < -0.4 is 10.8 Å². The first-order valence-corrected chi connectivity index (χ1v) is 9.29. The Balaban J connectivity index is 1.70. The van der Waals surface area contributed by atoms with Gasteiger partial charge in [0.2, 0.25) is 0 Å². The van der Waals surface area contributed by atoms with Crippen molar-refractivity contribution < 1.29 is 9.59 Å². The number of nitrogens with one attached hydrogen (secondary N) is 1. The van der Waals surface area contributed by atoms with Crippen molar-refractivity contribution in [2.75, 3.05) is 6.54 Å². The number of hydrogen-bond donors (Lipinski definition) is 1. The molecule has 7 heteroatoms. The lowest BCUT2D eigenvalue weighted by molar-refractivity contribution is -0.117. The molecular weight excluding hydrogens is 397 g/mol. The second kappa shape index (κ2) is 9.35. The molecule has 2 amide bonds. The minimum atomic E-state index is -0.466. The number of amides is 2. The Morgan fingerprint density at radius 1 is 0.964 bits per heavy atom. The van der Waals surface area contributed by atoms with Gasteiger partial charge in [-0.15, -0.1) is 0 Å². The highest BCUT2D eigenvalue weighted by Gasteiger charge is 2.11. The van der Waals surface area contributed by atoms with E-state index in [9.17, 15) is 9.59 Å². The maximum atomic E-state index is 12.2. The van der Waals surface area contributed by atoms with E-state index in [-0.39, 0.29) is 17.1 Å². The third-order valence-electron chi connectivity index (χ3n) is 3.93. The van der Waals surface area contributed by atoms with Gasteiger partial charge in [-0.3, -0.25) is 9.59 Å². The van der Waals surface area contributed by atoms with Gasteiger partial charge in [0, 0.05) is 17.8 Å². The normalized spacial score (nSPS) is 11.3. The average molecular weight is 414 g/mol. The summed E-state index contributed by atoms with van der Waals surface area (Å²) in [6.07, 6.45) is 1.85. The zero-order chi connectivity index (χ0) is 19.9. The summed E-state index contributed by atoms with van der Waals surface area (Å²) in [5.41, 5.74) is 1.85. The minimum Gasteiger partial charge on any atom is -0.343 e. The molecule has 0 atom stereocenters. The SMILES string of the molecule is O=C(CNC(=O)c1ccc(Cl)cc1Cl)N=c1ccccn1Cc1ccccc1. The molecule has 142 valence electrons. The van der Waals surface area contributed by atoms with Gasteiger partial charge in [0.15, 0.2) is 0 Å². The fraction of sp³-hybridized carbons (Fsp3) is 0.0952. The van der Waals surface area contributed by atoms with Crippen LogP contribution in [0.25, 0.3) is 0 Å². The molecule has 2 aromatic carbocycles. The van der Waals surface area contributed by atoms with Crippen LogP contribution in [-0.4, -0.2) is 22.9 Å². The number of halogens is 2. The Hall–Kier alpha value is -2.89. The molecule has 5 nitrogen and oxygen atoms in total. The van der Waals surface area contributed by atoms with E-state index in [0.717, 1.165) is 5.56 Å². The van der Waals surface area contributed by atoms with E-state index in [1.165, 1.54) is 12.1 Å². The number of carbonyl (C=O) groups excluding carboxylic acids is 2. The predicted octanol–water partition coefficient (Wildman–Crippen LogP) is 3.70.